The number of likely N-dealkylation sites (N-methyl/N-ethyl adjacent to an activating group) is 2. The largest absolute Gasteiger partial charge is 0.351 e. The summed E-state index contributed by atoms with van der Waals surface area (Å²) in [6, 6.07) is 12.9. The van der Waals surface area contributed by atoms with Crippen LogP contribution in [0.4, 0.5) is 10.2 Å². The van der Waals surface area contributed by atoms with Crippen LogP contribution in [0.15, 0.2) is 34.8 Å². The van der Waals surface area contributed by atoms with Gasteiger partial charge in [-0.05, 0) is 85.2 Å². The van der Waals surface area contributed by atoms with Crippen molar-refractivity contribution < 1.29 is 4.39 Å². The van der Waals surface area contributed by atoms with Crippen LogP contribution in [-0.4, -0.2) is 78.8 Å². The van der Waals surface area contributed by atoms with Gasteiger partial charge in [0.2, 0.25) is 0 Å². The Morgan fingerprint density at radius 2 is 1.98 bits per heavy atom. The van der Waals surface area contributed by atoms with E-state index < -0.39 is 0 Å². The minimum atomic E-state index is -0.335. The zero-order valence-electron chi connectivity index (χ0n) is 23.6. The van der Waals surface area contributed by atoms with Crippen LogP contribution in [0.1, 0.15) is 35.0 Å². The number of aromatic nitrogens is 3. The first-order valence-electron chi connectivity index (χ1n) is 14.4. The Hall–Kier alpha value is -3.10. The second-order valence-electron chi connectivity index (χ2n) is 12.0. The Labute approximate surface area is 247 Å². The Morgan fingerprint density at radius 1 is 1.20 bits per heavy atom. The summed E-state index contributed by atoms with van der Waals surface area (Å²) in [5.41, 5.74) is 4.74. The van der Waals surface area contributed by atoms with Crippen molar-refractivity contribution in [3.8, 4) is 6.07 Å². The quantitative estimate of drug-likeness (QED) is 0.310. The molecule has 2 aromatic heterocycles. The minimum Gasteiger partial charge on any atom is -0.351 e. The monoisotopic (exact) mass is 616 g/mol. The van der Waals surface area contributed by atoms with Gasteiger partial charge in [-0.25, -0.2) is 14.4 Å². The molecule has 1 saturated carbocycles. The number of hydrogen-bond donors (Lipinski definition) is 2. The van der Waals surface area contributed by atoms with E-state index >= 15 is 4.39 Å². The number of anilines is 1. The van der Waals surface area contributed by atoms with Crippen molar-refractivity contribution in [1.82, 2.24) is 30.1 Å². The molecule has 3 aliphatic heterocycles. The molecule has 10 heteroatoms. The molecule has 8 rings (SSSR count). The SMILES string of the molecule is CNCCc1nc2c(N3CC(N(C)C)C3)nc3c(F)c(Br)c(Cc4ccc(C#N)cc4)cc3c2n1C1C2CNC1C2. The van der Waals surface area contributed by atoms with Gasteiger partial charge in [-0.1, -0.05) is 12.1 Å². The lowest BCUT2D eigenvalue weighted by Crippen LogP contribution is -2.57. The standard InChI is InChI=1S/C31H34BrFN8/c1-35-9-8-24-37-28-30(41(24)29-20-12-23(29)36-14-20)22-11-19(10-17-4-6-18(13-34)7-5-17)25(32)26(33)27(22)38-31(28)40-15-21(16-40)39(2)3/h4-7,11,20-21,23,29,35-36H,8-10,12,14-16H2,1-3H3. The molecule has 2 aromatic carbocycles. The lowest BCUT2D eigenvalue weighted by Gasteiger charge is -2.43. The third-order valence-electron chi connectivity index (χ3n) is 9.29. The third kappa shape index (κ3) is 4.33. The van der Waals surface area contributed by atoms with Gasteiger partial charge in [-0.15, -0.1) is 0 Å². The highest BCUT2D eigenvalue weighted by Crippen LogP contribution is 2.48. The predicted molar refractivity (Wildman–Crippen MR) is 163 cm³/mol. The molecule has 4 aliphatic rings. The van der Waals surface area contributed by atoms with Gasteiger partial charge in [0.15, 0.2) is 11.6 Å². The Kier molecular flexibility index (Phi) is 6.74. The van der Waals surface area contributed by atoms with Crippen molar-refractivity contribution in [3.05, 3.63) is 63.1 Å². The molecule has 4 aromatic rings. The molecule has 0 amide bonds. The number of nitrogens with one attached hydrogen (secondary N) is 2. The van der Waals surface area contributed by atoms with Gasteiger partial charge < -0.3 is 25.0 Å². The lowest BCUT2D eigenvalue weighted by molar-refractivity contribution is 0.220. The maximum absolute atomic E-state index is 16.4. The fourth-order valence-electron chi connectivity index (χ4n) is 6.80. The highest BCUT2D eigenvalue weighted by Gasteiger charge is 2.49. The van der Waals surface area contributed by atoms with E-state index in [1.165, 1.54) is 6.42 Å². The third-order valence-corrected chi connectivity index (χ3v) is 10.1. The zero-order valence-corrected chi connectivity index (χ0v) is 25.2. The first kappa shape index (κ1) is 26.8. The summed E-state index contributed by atoms with van der Waals surface area (Å²) in [6.07, 6.45) is 2.50. The number of rotatable bonds is 8. The fraction of sp³-hybridized carbons (Fsp3) is 0.452. The number of halogens is 2. The maximum atomic E-state index is 16.4. The molecule has 3 saturated heterocycles. The smallest absolute Gasteiger partial charge is 0.164 e. The molecule has 0 spiro atoms. The lowest BCUT2D eigenvalue weighted by atomic mass is 9.79. The minimum absolute atomic E-state index is 0.310. The maximum Gasteiger partial charge on any atom is 0.164 e. The molecular weight excluding hydrogens is 583 g/mol. The van der Waals surface area contributed by atoms with Crippen LogP contribution in [-0.2, 0) is 12.8 Å². The molecule has 4 fully saturated rings. The predicted octanol–water partition coefficient (Wildman–Crippen LogP) is 3.99. The molecule has 5 heterocycles. The van der Waals surface area contributed by atoms with E-state index in [4.69, 9.17) is 9.97 Å². The highest BCUT2D eigenvalue weighted by atomic mass is 79.9. The van der Waals surface area contributed by atoms with E-state index in [1.54, 1.807) is 0 Å². The molecule has 212 valence electrons. The Bertz CT molecular complexity index is 1670. The van der Waals surface area contributed by atoms with E-state index in [2.05, 4.69) is 67.2 Å². The fourth-order valence-corrected chi connectivity index (χ4v) is 7.25. The van der Waals surface area contributed by atoms with Crippen LogP contribution in [0.2, 0.25) is 0 Å². The first-order chi connectivity index (χ1) is 19.9. The van der Waals surface area contributed by atoms with Crippen LogP contribution >= 0.6 is 15.9 Å². The zero-order chi connectivity index (χ0) is 28.4. The number of benzene rings is 2. The van der Waals surface area contributed by atoms with Crippen LogP contribution in [0.25, 0.3) is 21.9 Å². The summed E-state index contributed by atoms with van der Waals surface area (Å²) >= 11 is 3.58. The van der Waals surface area contributed by atoms with Gasteiger partial charge in [0.25, 0.3) is 0 Å². The average Bonchev–Trinajstić information content (AvgIpc) is 3.67. The van der Waals surface area contributed by atoms with Crippen LogP contribution in [0.5, 0.6) is 0 Å². The molecule has 3 atom stereocenters. The molecule has 0 radical (unpaired) electrons. The Morgan fingerprint density at radius 3 is 2.61 bits per heavy atom. The molecule has 1 aliphatic carbocycles. The second-order valence-corrected chi connectivity index (χ2v) is 12.7. The summed E-state index contributed by atoms with van der Waals surface area (Å²) < 4.78 is 19.2. The van der Waals surface area contributed by atoms with Crippen molar-refractivity contribution in [1.29, 1.82) is 5.26 Å². The van der Waals surface area contributed by atoms with Crippen LogP contribution in [0.3, 0.4) is 0 Å². The van der Waals surface area contributed by atoms with Crippen molar-refractivity contribution >= 4 is 43.7 Å². The summed E-state index contributed by atoms with van der Waals surface area (Å²) in [5.74, 6) is 2.03. The number of pyridine rings is 1. The van der Waals surface area contributed by atoms with Crippen molar-refractivity contribution in [2.75, 3.05) is 52.2 Å². The van der Waals surface area contributed by atoms with Crippen molar-refractivity contribution in [3.63, 3.8) is 0 Å². The molecule has 41 heavy (non-hydrogen) atoms. The van der Waals surface area contributed by atoms with E-state index in [-0.39, 0.29) is 5.82 Å². The molecule has 2 N–H and O–H groups in total. The molecule has 3 unspecified atom stereocenters. The highest BCUT2D eigenvalue weighted by molar-refractivity contribution is 9.10. The van der Waals surface area contributed by atoms with Gasteiger partial charge in [0, 0.05) is 50.1 Å². The van der Waals surface area contributed by atoms with Crippen molar-refractivity contribution in [2.45, 2.75) is 37.4 Å². The molecular formula is C31H34BrFN8. The summed E-state index contributed by atoms with van der Waals surface area (Å²) in [5, 5.41) is 17.0. The van der Waals surface area contributed by atoms with Gasteiger partial charge in [0.05, 0.1) is 27.7 Å². The number of nitrogens with zero attached hydrogens (tertiary/aromatic N) is 6. The summed E-state index contributed by atoms with van der Waals surface area (Å²) in [6.45, 7) is 3.51. The van der Waals surface area contributed by atoms with E-state index in [0.29, 0.717) is 46.0 Å². The summed E-state index contributed by atoms with van der Waals surface area (Å²) in [7, 11) is 6.16. The van der Waals surface area contributed by atoms with Crippen LogP contribution < -0.4 is 15.5 Å². The van der Waals surface area contributed by atoms with E-state index in [0.717, 1.165) is 71.8 Å². The van der Waals surface area contributed by atoms with Crippen molar-refractivity contribution in [2.24, 2.45) is 5.92 Å². The second kappa shape index (κ2) is 10.3. The Balaban J connectivity index is 1.45. The normalized spacial score (nSPS) is 22.0. The number of imidazole rings is 1. The van der Waals surface area contributed by atoms with E-state index in [9.17, 15) is 5.26 Å². The number of fused-ring (bicyclic) bond motifs is 4. The number of nitriles is 1. The topological polar surface area (TPSA) is 85.0 Å². The van der Waals surface area contributed by atoms with Gasteiger partial charge in [-0.2, -0.15) is 5.26 Å². The first-order valence-corrected chi connectivity index (χ1v) is 15.2. The summed E-state index contributed by atoms with van der Waals surface area (Å²) in [4.78, 5) is 14.8. The van der Waals surface area contributed by atoms with Gasteiger partial charge >= 0.3 is 0 Å². The average molecular weight is 618 g/mol. The van der Waals surface area contributed by atoms with Crippen LogP contribution in [0, 0.1) is 23.1 Å². The van der Waals surface area contributed by atoms with Gasteiger partial charge in [-0.3, -0.25) is 0 Å². The number of hydrogen-bond acceptors (Lipinski definition) is 7. The van der Waals surface area contributed by atoms with E-state index in [1.807, 2.05) is 31.3 Å². The molecule has 8 nitrogen and oxygen atoms in total. The molecule has 2 bridgehead atoms. The van der Waals surface area contributed by atoms with Gasteiger partial charge in [0.1, 0.15) is 16.9 Å².